The number of H-pyrrole nitrogens is 1. The van der Waals surface area contributed by atoms with Crippen LogP contribution in [0, 0.1) is 0 Å². The third-order valence-electron chi connectivity index (χ3n) is 4.06. The Bertz CT molecular complexity index is 866. The molecule has 130 valence electrons. The zero-order valence-electron chi connectivity index (χ0n) is 13.2. The van der Waals surface area contributed by atoms with Crippen LogP contribution in [0.25, 0.3) is 11.0 Å². The number of aromatic nitrogens is 2. The van der Waals surface area contributed by atoms with Gasteiger partial charge in [0.05, 0.1) is 28.3 Å². The molecule has 1 unspecified atom stereocenters. The van der Waals surface area contributed by atoms with E-state index in [1.807, 2.05) is 13.0 Å². The predicted molar refractivity (Wildman–Crippen MR) is 96.3 cm³/mol. The Morgan fingerprint density at radius 3 is 2.96 bits per heavy atom. The van der Waals surface area contributed by atoms with Crippen LogP contribution in [0.3, 0.4) is 0 Å². The van der Waals surface area contributed by atoms with E-state index >= 15 is 0 Å². The van der Waals surface area contributed by atoms with Crippen molar-refractivity contribution in [2.24, 2.45) is 0 Å². The molecule has 1 aromatic heterocycles. The molecule has 0 bridgehead atoms. The van der Waals surface area contributed by atoms with Crippen LogP contribution in [0.2, 0.25) is 5.02 Å². The summed E-state index contributed by atoms with van der Waals surface area (Å²) in [5.74, 6) is 0.389. The van der Waals surface area contributed by atoms with E-state index in [0.29, 0.717) is 23.1 Å². The van der Waals surface area contributed by atoms with E-state index < -0.39 is 9.84 Å². The van der Waals surface area contributed by atoms with Gasteiger partial charge in [-0.1, -0.05) is 23.4 Å². The maximum atomic E-state index is 12.5. The van der Waals surface area contributed by atoms with Crippen LogP contribution in [0.1, 0.15) is 13.3 Å². The van der Waals surface area contributed by atoms with Crippen molar-refractivity contribution >= 4 is 50.1 Å². The van der Waals surface area contributed by atoms with Crippen LogP contribution in [0.5, 0.6) is 0 Å². The number of hydrogen-bond acceptors (Lipinski definition) is 5. The smallest absolute Gasteiger partial charge is 0.233 e. The van der Waals surface area contributed by atoms with E-state index in [9.17, 15) is 13.2 Å². The first kappa shape index (κ1) is 17.6. The molecule has 1 fully saturated rings. The summed E-state index contributed by atoms with van der Waals surface area (Å²) >= 11 is 7.26. The Hall–Kier alpha value is -1.25. The number of aromatic amines is 1. The van der Waals surface area contributed by atoms with Crippen molar-refractivity contribution < 1.29 is 13.2 Å². The molecule has 1 N–H and O–H groups in total. The van der Waals surface area contributed by atoms with Crippen molar-refractivity contribution in [3.63, 3.8) is 0 Å². The molecule has 0 radical (unpaired) electrons. The molecule has 9 heteroatoms. The molecule has 1 amide bonds. The molecule has 2 heterocycles. The van der Waals surface area contributed by atoms with Crippen molar-refractivity contribution in [3.8, 4) is 0 Å². The van der Waals surface area contributed by atoms with Gasteiger partial charge in [0, 0.05) is 17.6 Å². The second kappa shape index (κ2) is 6.93. The molecule has 0 spiro atoms. The summed E-state index contributed by atoms with van der Waals surface area (Å²) in [5, 5.41) is 1.27. The topological polar surface area (TPSA) is 83.1 Å². The highest BCUT2D eigenvalue weighted by Crippen LogP contribution is 2.24. The van der Waals surface area contributed by atoms with Gasteiger partial charge < -0.3 is 9.88 Å². The minimum atomic E-state index is -3.00. The molecule has 1 aliphatic heterocycles. The largest absolute Gasteiger partial charge is 0.338 e. The number of amides is 1. The molecular weight excluding hydrogens is 370 g/mol. The summed E-state index contributed by atoms with van der Waals surface area (Å²) < 4.78 is 23.2. The summed E-state index contributed by atoms with van der Waals surface area (Å²) in [6.07, 6.45) is 0.524. The maximum absolute atomic E-state index is 12.5. The first-order chi connectivity index (χ1) is 11.4. The van der Waals surface area contributed by atoms with Crippen molar-refractivity contribution in [2.45, 2.75) is 24.5 Å². The van der Waals surface area contributed by atoms with Crippen LogP contribution >= 0.6 is 23.4 Å². The van der Waals surface area contributed by atoms with E-state index in [0.717, 1.165) is 11.0 Å². The van der Waals surface area contributed by atoms with Crippen LogP contribution in [-0.4, -0.2) is 59.0 Å². The summed E-state index contributed by atoms with van der Waals surface area (Å²) in [7, 11) is -3.00. The molecule has 1 aliphatic rings. The van der Waals surface area contributed by atoms with Gasteiger partial charge in [0.25, 0.3) is 0 Å². The van der Waals surface area contributed by atoms with Gasteiger partial charge in [-0.2, -0.15) is 0 Å². The fourth-order valence-electron chi connectivity index (χ4n) is 2.90. The molecule has 1 aromatic carbocycles. The zero-order valence-corrected chi connectivity index (χ0v) is 15.5. The SMILES string of the molecule is CCN(C(=O)CSc1nc2ccc(Cl)cc2[nH]1)C1CCS(=O)(=O)C1. The van der Waals surface area contributed by atoms with E-state index in [1.54, 1.807) is 17.0 Å². The number of sulfone groups is 1. The van der Waals surface area contributed by atoms with Gasteiger partial charge in [-0.25, -0.2) is 13.4 Å². The predicted octanol–water partition coefficient (Wildman–Crippen LogP) is 2.34. The first-order valence-electron chi connectivity index (χ1n) is 7.66. The second-order valence-corrected chi connectivity index (χ2v) is 9.36. The first-order valence-corrected chi connectivity index (χ1v) is 10.8. The minimum Gasteiger partial charge on any atom is -0.338 e. The quantitative estimate of drug-likeness (QED) is 0.796. The van der Waals surface area contributed by atoms with Crippen LogP contribution < -0.4 is 0 Å². The van der Waals surface area contributed by atoms with Crippen LogP contribution in [0.15, 0.2) is 23.4 Å². The van der Waals surface area contributed by atoms with Crippen molar-refractivity contribution in [1.82, 2.24) is 14.9 Å². The molecule has 2 aromatic rings. The van der Waals surface area contributed by atoms with Gasteiger partial charge in [0.15, 0.2) is 15.0 Å². The van der Waals surface area contributed by atoms with E-state index in [1.165, 1.54) is 11.8 Å². The van der Waals surface area contributed by atoms with Crippen molar-refractivity contribution in [1.29, 1.82) is 0 Å². The van der Waals surface area contributed by atoms with E-state index in [4.69, 9.17) is 11.6 Å². The van der Waals surface area contributed by atoms with E-state index in [2.05, 4.69) is 9.97 Å². The maximum Gasteiger partial charge on any atom is 0.233 e. The van der Waals surface area contributed by atoms with Gasteiger partial charge in [0.1, 0.15) is 0 Å². The Balaban J connectivity index is 1.64. The summed E-state index contributed by atoms with van der Waals surface area (Å²) in [6.45, 7) is 2.38. The minimum absolute atomic E-state index is 0.0666. The average Bonchev–Trinajstić information content (AvgIpc) is 3.08. The van der Waals surface area contributed by atoms with Gasteiger partial charge >= 0.3 is 0 Å². The Morgan fingerprint density at radius 2 is 2.29 bits per heavy atom. The fourth-order valence-corrected chi connectivity index (χ4v) is 5.57. The van der Waals surface area contributed by atoms with Gasteiger partial charge in [-0.15, -0.1) is 0 Å². The van der Waals surface area contributed by atoms with Crippen molar-refractivity contribution in [2.75, 3.05) is 23.8 Å². The lowest BCUT2D eigenvalue weighted by Gasteiger charge is -2.26. The number of carbonyl (C=O) groups excluding carboxylic acids is 1. The summed E-state index contributed by atoms with van der Waals surface area (Å²) in [5.41, 5.74) is 1.62. The van der Waals surface area contributed by atoms with E-state index in [-0.39, 0.29) is 29.2 Å². The fraction of sp³-hybridized carbons (Fsp3) is 0.467. The molecule has 6 nitrogen and oxygen atoms in total. The second-order valence-electron chi connectivity index (χ2n) is 5.73. The number of fused-ring (bicyclic) bond motifs is 1. The lowest BCUT2D eigenvalue weighted by Crippen LogP contribution is -2.41. The normalized spacial score (nSPS) is 19.7. The standard InChI is InChI=1S/C15H18ClN3O3S2/c1-2-19(11-5-6-24(21,22)9-11)14(20)8-23-15-17-12-4-3-10(16)7-13(12)18-15/h3-4,7,11H,2,5-6,8-9H2,1H3,(H,17,18). The highest BCUT2D eigenvalue weighted by Gasteiger charge is 2.33. The van der Waals surface area contributed by atoms with Gasteiger partial charge in [0.2, 0.25) is 5.91 Å². The lowest BCUT2D eigenvalue weighted by atomic mass is 10.2. The zero-order chi connectivity index (χ0) is 17.3. The monoisotopic (exact) mass is 387 g/mol. The third kappa shape index (κ3) is 3.87. The average molecular weight is 388 g/mol. The van der Waals surface area contributed by atoms with Gasteiger partial charge in [-0.3, -0.25) is 4.79 Å². The Labute approximate surface area is 149 Å². The number of rotatable bonds is 5. The molecule has 0 saturated carbocycles. The number of thioether (sulfide) groups is 1. The number of benzene rings is 1. The molecule has 0 aliphatic carbocycles. The van der Waals surface area contributed by atoms with Crippen LogP contribution in [-0.2, 0) is 14.6 Å². The molecule has 1 saturated heterocycles. The Morgan fingerprint density at radius 1 is 1.50 bits per heavy atom. The third-order valence-corrected chi connectivity index (χ3v) is 6.91. The number of hydrogen-bond donors (Lipinski definition) is 1. The summed E-state index contributed by atoms with van der Waals surface area (Å²) in [4.78, 5) is 21.7. The van der Waals surface area contributed by atoms with Crippen molar-refractivity contribution in [3.05, 3.63) is 23.2 Å². The summed E-state index contributed by atoms with van der Waals surface area (Å²) in [6, 6.07) is 5.17. The number of carbonyl (C=O) groups is 1. The van der Waals surface area contributed by atoms with Crippen LogP contribution in [0.4, 0.5) is 0 Å². The van der Waals surface area contributed by atoms with Gasteiger partial charge in [-0.05, 0) is 31.5 Å². The Kier molecular flexibility index (Phi) is 5.08. The molecule has 3 rings (SSSR count). The molecular formula is C15H18ClN3O3S2. The molecule has 24 heavy (non-hydrogen) atoms. The number of nitrogens with zero attached hydrogens (tertiary/aromatic N) is 2. The highest BCUT2D eigenvalue weighted by atomic mass is 35.5. The number of nitrogens with one attached hydrogen (secondary N) is 1. The lowest BCUT2D eigenvalue weighted by molar-refractivity contribution is -0.129. The highest BCUT2D eigenvalue weighted by molar-refractivity contribution is 7.99. The number of imidazole rings is 1. The number of halogens is 1. The molecule has 1 atom stereocenters.